The summed E-state index contributed by atoms with van der Waals surface area (Å²) in [6, 6.07) is 5.86. The van der Waals surface area contributed by atoms with Crippen LogP contribution in [0, 0.1) is 18.7 Å². The molecule has 0 aliphatic rings. The highest BCUT2D eigenvalue weighted by Gasteiger charge is 2.23. The Kier molecular flexibility index (Phi) is 8.69. The number of benzene rings is 1. The summed E-state index contributed by atoms with van der Waals surface area (Å²) in [6.45, 7) is 6.36. The first-order valence-electron chi connectivity index (χ1n) is 10.1. The van der Waals surface area contributed by atoms with Gasteiger partial charge in [0.05, 0.1) is 13.0 Å². The van der Waals surface area contributed by atoms with Crippen LogP contribution in [0.5, 0.6) is 11.5 Å². The van der Waals surface area contributed by atoms with Crippen molar-refractivity contribution in [2.45, 2.75) is 40.2 Å². The topological polar surface area (TPSA) is 104 Å². The van der Waals surface area contributed by atoms with Crippen LogP contribution >= 0.6 is 0 Å². The summed E-state index contributed by atoms with van der Waals surface area (Å²) in [4.78, 5) is 40.7. The highest BCUT2D eigenvalue weighted by molar-refractivity contribution is 5.98. The molecule has 1 amide bonds. The van der Waals surface area contributed by atoms with Gasteiger partial charge in [0.2, 0.25) is 5.75 Å². The van der Waals surface area contributed by atoms with E-state index >= 15 is 0 Å². The Morgan fingerprint density at radius 1 is 1.16 bits per heavy atom. The van der Waals surface area contributed by atoms with Crippen molar-refractivity contribution in [3.05, 3.63) is 53.1 Å². The van der Waals surface area contributed by atoms with Crippen LogP contribution in [-0.4, -0.2) is 42.6 Å². The van der Waals surface area contributed by atoms with Crippen LogP contribution in [-0.2, 0) is 20.7 Å². The van der Waals surface area contributed by atoms with Crippen LogP contribution in [0.1, 0.15) is 42.4 Å². The molecule has 32 heavy (non-hydrogen) atoms. The molecule has 2 rings (SSSR count). The zero-order chi connectivity index (χ0) is 23.8. The summed E-state index contributed by atoms with van der Waals surface area (Å²) in [5, 5.41) is 2.41. The first-order valence-corrected chi connectivity index (χ1v) is 10.1. The van der Waals surface area contributed by atoms with E-state index in [0.29, 0.717) is 6.42 Å². The van der Waals surface area contributed by atoms with Crippen molar-refractivity contribution in [3.63, 3.8) is 0 Å². The van der Waals surface area contributed by atoms with Gasteiger partial charge in [-0.05, 0) is 37.1 Å². The molecule has 0 spiro atoms. The Morgan fingerprint density at radius 2 is 1.88 bits per heavy atom. The SMILES string of the molecule is COc1ccnc(C(=O)NCC(=O)OC(C)Cc2ccc(F)cc2C)c1OC(=O)C(C)C. The monoisotopic (exact) mass is 446 g/mol. The van der Waals surface area contributed by atoms with Gasteiger partial charge in [0.15, 0.2) is 11.4 Å². The van der Waals surface area contributed by atoms with E-state index in [0.717, 1.165) is 11.1 Å². The number of esters is 2. The van der Waals surface area contributed by atoms with Crippen LogP contribution in [0.25, 0.3) is 0 Å². The summed E-state index contributed by atoms with van der Waals surface area (Å²) in [5.74, 6) is -2.68. The van der Waals surface area contributed by atoms with Crippen molar-refractivity contribution in [2.75, 3.05) is 13.7 Å². The average Bonchev–Trinajstić information content (AvgIpc) is 2.74. The molecule has 0 radical (unpaired) electrons. The van der Waals surface area contributed by atoms with E-state index in [1.165, 1.54) is 31.5 Å². The fourth-order valence-corrected chi connectivity index (χ4v) is 2.81. The van der Waals surface area contributed by atoms with Crippen molar-refractivity contribution < 1.29 is 33.0 Å². The van der Waals surface area contributed by atoms with E-state index in [-0.39, 0.29) is 23.0 Å². The first-order chi connectivity index (χ1) is 15.1. The number of ether oxygens (including phenoxy) is 3. The maximum absolute atomic E-state index is 13.2. The van der Waals surface area contributed by atoms with Gasteiger partial charge in [0.25, 0.3) is 5.91 Å². The van der Waals surface area contributed by atoms with Crippen molar-refractivity contribution in [2.24, 2.45) is 5.92 Å². The third kappa shape index (κ3) is 6.76. The number of pyridine rings is 1. The Balaban J connectivity index is 1.99. The normalized spacial score (nSPS) is 11.6. The number of carbonyl (C=O) groups is 3. The number of hydrogen-bond acceptors (Lipinski definition) is 7. The van der Waals surface area contributed by atoms with Crippen LogP contribution in [0.2, 0.25) is 0 Å². The number of aromatic nitrogens is 1. The third-order valence-electron chi connectivity index (χ3n) is 4.52. The van der Waals surface area contributed by atoms with E-state index < -0.39 is 36.4 Å². The summed E-state index contributed by atoms with van der Waals surface area (Å²) >= 11 is 0. The Hall–Kier alpha value is -3.49. The van der Waals surface area contributed by atoms with Gasteiger partial charge in [0.1, 0.15) is 18.5 Å². The molecule has 8 nitrogen and oxygen atoms in total. The Morgan fingerprint density at radius 3 is 2.50 bits per heavy atom. The van der Waals surface area contributed by atoms with Gasteiger partial charge < -0.3 is 19.5 Å². The Bertz CT molecular complexity index is 992. The van der Waals surface area contributed by atoms with Crippen LogP contribution in [0.4, 0.5) is 4.39 Å². The number of rotatable bonds is 9. The molecule has 9 heteroatoms. The minimum Gasteiger partial charge on any atom is -0.493 e. The molecule has 1 aromatic carbocycles. The van der Waals surface area contributed by atoms with Crippen molar-refractivity contribution in [3.8, 4) is 11.5 Å². The zero-order valence-corrected chi connectivity index (χ0v) is 18.7. The zero-order valence-electron chi connectivity index (χ0n) is 18.7. The molecule has 2 aromatic rings. The number of hydrogen-bond donors (Lipinski definition) is 1. The maximum Gasteiger partial charge on any atom is 0.325 e. The third-order valence-corrected chi connectivity index (χ3v) is 4.52. The van der Waals surface area contributed by atoms with Crippen LogP contribution in [0.3, 0.4) is 0 Å². The number of halogens is 1. The summed E-state index contributed by atoms with van der Waals surface area (Å²) in [5.41, 5.74) is 1.42. The van der Waals surface area contributed by atoms with Crippen molar-refractivity contribution in [1.82, 2.24) is 10.3 Å². The minimum atomic E-state index is -0.727. The molecule has 0 aliphatic carbocycles. The van der Waals surface area contributed by atoms with Gasteiger partial charge in [-0.3, -0.25) is 14.4 Å². The lowest BCUT2D eigenvalue weighted by Gasteiger charge is -2.16. The minimum absolute atomic E-state index is 0.125. The number of carbonyl (C=O) groups excluding carboxylic acids is 3. The molecule has 0 bridgehead atoms. The molecule has 0 saturated heterocycles. The smallest absolute Gasteiger partial charge is 0.325 e. The summed E-state index contributed by atoms with van der Waals surface area (Å²) in [6.07, 6.45) is 1.24. The molecule has 1 unspecified atom stereocenters. The van der Waals surface area contributed by atoms with Crippen LogP contribution < -0.4 is 14.8 Å². The highest BCUT2D eigenvalue weighted by Crippen LogP contribution is 2.30. The first kappa shape index (κ1) is 24.8. The second-order valence-corrected chi connectivity index (χ2v) is 7.52. The van der Waals surface area contributed by atoms with E-state index in [1.807, 2.05) is 0 Å². The molecule has 1 N–H and O–H groups in total. The number of amides is 1. The number of aryl methyl sites for hydroxylation is 1. The molecule has 1 heterocycles. The van der Waals surface area contributed by atoms with Gasteiger partial charge in [0, 0.05) is 18.7 Å². The maximum atomic E-state index is 13.2. The van der Waals surface area contributed by atoms with Gasteiger partial charge in [-0.1, -0.05) is 19.9 Å². The van der Waals surface area contributed by atoms with Gasteiger partial charge >= 0.3 is 11.9 Å². The molecule has 0 aliphatic heterocycles. The largest absolute Gasteiger partial charge is 0.493 e. The number of nitrogens with zero attached hydrogens (tertiary/aromatic N) is 1. The average molecular weight is 446 g/mol. The molecule has 1 aromatic heterocycles. The standard InChI is InChI=1S/C23H27FN2O6/c1-13(2)23(29)32-21-18(30-5)8-9-25-20(21)22(28)26-12-19(27)31-15(4)11-16-6-7-17(24)10-14(16)3/h6-10,13,15H,11-12H2,1-5H3,(H,26,28). The fraction of sp³-hybridized carbons (Fsp3) is 0.391. The quantitative estimate of drug-likeness (QED) is 0.591. The molecular formula is C23H27FN2O6. The predicted octanol–water partition coefficient (Wildman–Crippen LogP) is 3.00. The van der Waals surface area contributed by atoms with Crippen molar-refractivity contribution >= 4 is 17.8 Å². The van der Waals surface area contributed by atoms with E-state index in [9.17, 15) is 18.8 Å². The van der Waals surface area contributed by atoms with Crippen molar-refractivity contribution in [1.29, 1.82) is 0 Å². The van der Waals surface area contributed by atoms with Gasteiger partial charge in [-0.15, -0.1) is 0 Å². The molecule has 0 saturated carbocycles. The second-order valence-electron chi connectivity index (χ2n) is 7.52. The fourth-order valence-electron chi connectivity index (χ4n) is 2.81. The second kappa shape index (κ2) is 11.2. The highest BCUT2D eigenvalue weighted by atomic mass is 19.1. The van der Waals surface area contributed by atoms with E-state index in [2.05, 4.69) is 10.3 Å². The lowest BCUT2D eigenvalue weighted by atomic mass is 10.0. The lowest BCUT2D eigenvalue weighted by molar-refractivity contribution is -0.146. The molecule has 0 fully saturated rings. The predicted molar refractivity (Wildman–Crippen MR) is 114 cm³/mol. The molecule has 172 valence electrons. The molecule has 1 atom stereocenters. The van der Waals surface area contributed by atoms with E-state index in [4.69, 9.17) is 14.2 Å². The van der Waals surface area contributed by atoms with Crippen LogP contribution in [0.15, 0.2) is 30.5 Å². The van der Waals surface area contributed by atoms with Gasteiger partial charge in [-0.2, -0.15) is 0 Å². The Labute approximate surface area is 186 Å². The lowest BCUT2D eigenvalue weighted by Crippen LogP contribution is -2.33. The summed E-state index contributed by atoms with van der Waals surface area (Å²) in [7, 11) is 1.37. The van der Waals surface area contributed by atoms with Gasteiger partial charge in [-0.25, -0.2) is 9.37 Å². The molecular weight excluding hydrogens is 419 g/mol. The number of methoxy groups -OCH3 is 1. The van der Waals surface area contributed by atoms with E-state index in [1.54, 1.807) is 33.8 Å². The summed E-state index contributed by atoms with van der Waals surface area (Å²) < 4.78 is 29.0. The number of nitrogens with one attached hydrogen (secondary N) is 1.